The van der Waals surface area contributed by atoms with Crippen LogP contribution < -0.4 is 5.43 Å². The van der Waals surface area contributed by atoms with E-state index in [-0.39, 0.29) is 0 Å². The predicted octanol–water partition coefficient (Wildman–Crippen LogP) is 5.06. The molecule has 0 atom stereocenters. The van der Waals surface area contributed by atoms with Crippen LogP contribution in [0.3, 0.4) is 0 Å². The third-order valence-electron chi connectivity index (χ3n) is 3.42. The molecule has 1 N–H and O–H groups in total. The number of hydrogen-bond acceptors (Lipinski definition) is 3. The fraction of sp³-hybridized carbons (Fsp3) is 0.111. The largest absolute Gasteiger partial charge is 0.261 e. The van der Waals surface area contributed by atoms with Crippen molar-refractivity contribution in [2.75, 3.05) is 5.43 Å². The van der Waals surface area contributed by atoms with Crippen LogP contribution in [-0.4, -0.2) is 11.2 Å². The van der Waals surface area contributed by atoms with Gasteiger partial charge in [-0.3, -0.25) is 5.43 Å². The Balaban J connectivity index is 1.83. The minimum Gasteiger partial charge on any atom is -0.261 e. The van der Waals surface area contributed by atoms with E-state index in [4.69, 9.17) is 0 Å². The van der Waals surface area contributed by atoms with E-state index in [1.54, 1.807) is 6.21 Å². The van der Waals surface area contributed by atoms with Crippen molar-refractivity contribution in [1.29, 1.82) is 0 Å². The first-order valence-corrected chi connectivity index (χ1v) is 7.84. The highest BCUT2D eigenvalue weighted by molar-refractivity contribution is 9.10. The Hall–Kier alpha value is -2.20. The summed E-state index contributed by atoms with van der Waals surface area (Å²) in [6.07, 6.45) is 1.79. The number of nitrogens with zero attached hydrogens (tertiary/aromatic N) is 2. The number of aryl methyl sites for hydroxylation is 2. The molecule has 0 saturated heterocycles. The van der Waals surface area contributed by atoms with E-state index < -0.39 is 0 Å². The third kappa shape index (κ3) is 3.34. The smallest absolute Gasteiger partial charge is 0.149 e. The Morgan fingerprint density at radius 1 is 1.05 bits per heavy atom. The molecule has 2 aromatic carbocycles. The molecule has 0 bridgehead atoms. The van der Waals surface area contributed by atoms with Gasteiger partial charge in [-0.2, -0.15) is 5.10 Å². The van der Waals surface area contributed by atoms with E-state index in [2.05, 4.69) is 62.6 Å². The molecule has 0 aliphatic carbocycles. The number of hydrogen-bond donors (Lipinski definition) is 1. The lowest BCUT2D eigenvalue weighted by Gasteiger charge is -2.07. The first-order valence-electron chi connectivity index (χ1n) is 7.04. The van der Waals surface area contributed by atoms with Gasteiger partial charge in [0.1, 0.15) is 5.82 Å². The molecule has 0 aliphatic rings. The van der Waals surface area contributed by atoms with Crippen molar-refractivity contribution in [3.05, 3.63) is 69.7 Å². The Morgan fingerprint density at radius 3 is 2.59 bits per heavy atom. The van der Waals surface area contributed by atoms with Crippen molar-refractivity contribution in [1.82, 2.24) is 4.98 Å². The lowest BCUT2D eigenvalue weighted by molar-refractivity contribution is 1.22. The molecule has 110 valence electrons. The molecule has 0 radical (unpaired) electrons. The summed E-state index contributed by atoms with van der Waals surface area (Å²) >= 11 is 3.42. The number of anilines is 1. The number of nitrogens with one attached hydrogen (secondary N) is 1. The van der Waals surface area contributed by atoms with E-state index in [1.807, 2.05) is 31.2 Å². The van der Waals surface area contributed by atoms with Gasteiger partial charge in [0.15, 0.2) is 0 Å². The SMILES string of the molecule is Cc1ccc2cc(C)c(N/N=C\c3ccc(Br)cc3)nc2c1. The van der Waals surface area contributed by atoms with E-state index in [9.17, 15) is 0 Å². The molecule has 22 heavy (non-hydrogen) atoms. The van der Waals surface area contributed by atoms with Crippen molar-refractivity contribution in [2.24, 2.45) is 5.10 Å². The second kappa shape index (κ2) is 6.28. The standard InChI is InChI=1S/C18H16BrN3/c1-12-3-6-15-10-13(2)18(21-17(15)9-12)22-20-11-14-4-7-16(19)8-5-14/h3-11H,1-2H3,(H,21,22)/b20-11-. The first-order chi connectivity index (χ1) is 10.6. The molecule has 0 spiro atoms. The molecule has 0 unspecified atom stereocenters. The van der Waals surface area contributed by atoms with Crippen LogP contribution in [0.2, 0.25) is 0 Å². The van der Waals surface area contributed by atoms with Gasteiger partial charge in [-0.15, -0.1) is 0 Å². The summed E-state index contributed by atoms with van der Waals surface area (Å²) in [7, 11) is 0. The Morgan fingerprint density at radius 2 is 1.82 bits per heavy atom. The molecule has 0 fully saturated rings. The summed E-state index contributed by atoms with van der Waals surface area (Å²) in [4.78, 5) is 4.65. The lowest BCUT2D eigenvalue weighted by atomic mass is 10.1. The van der Waals surface area contributed by atoms with Crippen molar-refractivity contribution < 1.29 is 0 Å². The van der Waals surface area contributed by atoms with Crippen LogP contribution in [0.25, 0.3) is 10.9 Å². The van der Waals surface area contributed by atoms with Gasteiger partial charge >= 0.3 is 0 Å². The van der Waals surface area contributed by atoms with Gasteiger partial charge in [0, 0.05) is 9.86 Å². The molecule has 3 aromatic rings. The van der Waals surface area contributed by atoms with Crippen LogP contribution in [0, 0.1) is 13.8 Å². The molecule has 1 aromatic heterocycles. The molecule has 0 amide bonds. The average molecular weight is 354 g/mol. The Bertz CT molecular complexity index is 839. The molecule has 3 rings (SSSR count). The maximum absolute atomic E-state index is 4.65. The second-order valence-electron chi connectivity index (χ2n) is 5.27. The van der Waals surface area contributed by atoms with Crippen molar-refractivity contribution >= 4 is 38.9 Å². The van der Waals surface area contributed by atoms with Crippen LogP contribution in [0.15, 0.2) is 58.1 Å². The number of pyridine rings is 1. The zero-order valence-electron chi connectivity index (χ0n) is 12.5. The molecule has 0 aliphatic heterocycles. The van der Waals surface area contributed by atoms with Gasteiger partial charge in [-0.1, -0.05) is 40.2 Å². The molecule has 0 saturated carbocycles. The van der Waals surface area contributed by atoms with Crippen LogP contribution in [0.1, 0.15) is 16.7 Å². The molecule has 3 nitrogen and oxygen atoms in total. The Kier molecular flexibility index (Phi) is 4.20. The lowest BCUT2D eigenvalue weighted by Crippen LogP contribution is -1.97. The fourth-order valence-electron chi connectivity index (χ4n) is 2.21. The summed E-state index contributed by atoms with van der Waals surface area (Å²) in [5.74, 6) is 0.784. The monoisotopic (exact) mass is 353 g/mol. The zero-order valence-corrected chi connectivity index (χ0v) is 14.1. The number of hydrazone groups is 1. The first kappa shape index (κ1) is 14.7. The van der Waals surface area contributed by atoms with Crippen LogP contribution in [0.5, 0.6) is 0 Å². The van der Waals surface area contributed by atoms with Gasteiger partial charge in [-0.05, 0) is 54.8 Å². The predicted molar refractivity (Wildman–Crippen MR) is 96.6 cm³/mol. The minimum atomic E-state index is 0.784. The summed E-state index contributed by atoms with van der Waals surface area (Å²) < 4.78 is 1.06. The van der Waals surface area contributed by atoms with Crippen LogP contribution in [-0.2, 0) is 0 Å². The number of aromatic nitrogens is 1. The summed E-state index contributed by atoms with van der Waals surface area (Å²) in [6, 6.07) is 16.4. The number of rotatable bonds is 3. The van der Waals surface area contributed by atoms with Gasteiger partial charge in [0.05, 0.1) is 11.7 Å². The van der Waals surface area contributed by atoms with Gasteiger partial charge < -0.3 is 0 Å². The number of fused-ring (bicyclic) bond motifs is 1. The highest BCUT2D eigenvalue weighted by Crippen LogP contribution is 2.20. The zero-order chi connectivity index (χ0) is 15.5. The summed E-state index contributed by atoms with van der Waals surface area (Å²) in [5.41, 5.74) is 7.32. The maximum atomic E-state index is 4.65. The normalized spacial score (nSPS) is 11.2. The maximum Gasteiger partial charge on any atom is 0.149 e. The van der Waals surface area contributed by atoms with E-state index in [0.29, 0.717) is 0 Å². The third-order valence-corrected chi connectivity index (χ3v) is 3.95. The summed E-state index contributed by atoms with van der Waals surface area (Å²) in [6.45, 7) is 4.10. The second-order valence-corrected chi connectivity index (χ2v) is 6.19. The quantitative estimate of drug-likeness (QED) is 0.527. The number of halogens is 1. The van der Waals surface area contributed by atoms with Crippen molar-refractivity contribution in [3.63, 3.8) is 0 Å². The van der Waals surface area contributed by atoms with Crippen LogP contribution >= 0.6 is 15.9 Å². The molecule has 1 heterocycles. The van der Waals surface area contributed by atoms with Gasteiger partial charge in [0.2, 0.25) is 0 Å². The van der Waals surface area contributed by atoms with Gasteiger partial charge in [0.25, 0.3) is 0 Å². The van der Waals surface area contributed by atoms with Crippen molar-refractivity contribution in [2.45, 2.75) is 13.8 Å². The average Bonchev–Trinajstić information content (AvgIpc) is 2.50. The van der Waals surface area contributed by atoms with E-state index in [0.717, 1.165) is 32.3 Å². The molecular weight excluding hydrogens is 338 g/mol. The highest BCUT2D eigenvalue weighted by Gasteiger charge is 2.02. The van der Waals surface area contributed by atoms with Crippen molar-refractivity contribution in [3.8, 4) is 0 Å². The van der Waals surface area contributed by atoms with E-state index >= 15 is 0 Å². The number of benzene rings is 2. The summed E-state index contributed by atoms with van der Waals surface area (Å²) in [5, 5.41) is 5.42. The molecule has 4 heteroatoms. The molecular formula is C18H16BrN3. The minimum absolute atomic E-state index is 0.784. The topological polar surface area (TPSA) is 37.3 Å². The van der Waals surface area contributed by atoms with E-state index in [1.165, 1.54) is 5.56 Å². The Labute approximate surface area is 138 Å². The highest BCUT2D eigenvalue weighted by atomic mass is 79.9. The van der Waals surface area contributed by atoms with Crippen LogP contribution in [0.4, 0.5) is 5.82 Å². The fourth-order valence-corrected chi connectivity index (χ4v) is 2.48. The van der Waals surface area contributed by atoms with Gasteiger partial charge in [-0.25, -0.2) is 4.98 Å².